The Balaban J connectivity index is 3.14. The normalized spacial score (nSPS) is 14.9. The Hall–Kier alpha value is -1.52. The van der Waals surface area contributed by atoms with Crippen LogP contribution in [0.4, 0.5) is 13.2 Å². The summed E-state index contributed by atoms with van der Waals surface area (Å²) in [6.07, 6.45) is -4.45. The van der Waals surface area contributed by atoms with Gasteiger partial charge < -0.3 is 4.74 Å². The first kappa shape index (κ1) is 17.5. The number of alkyl halides is 3. The van der Waals surface area contributed by atoms with Crippen molar-refractivity contribution in [1.82, 2.24) is 0 Å². The van der Waals surface area contributed by atoms with E-state index in [-0.39, 0.29) is 12.5 Å². The fourth-order valence-electron chi connectivity index (χ4n) is 2.14. The van der Waals surface area contributed by atoms with E-state index in [4.69, 9.17) is 4.74 Å². The molecule has 0 amide bonds. The number of ether oxygens (including phenoxy) is 1. The van der Waals surface area contributed by atoms with Crippen molar-refractivity contribution in [3.8, 4) is 0 Å². The van der Waals surface area contributed by atoms with Gasteiger partial charge in [0.05, 0.1) is 18.4 Å². The minimum absolute atomic E-state index is 0.0595. The van der Waals surface area contributed by atoms with Gasteiger partial charge in [0.2, 0.25) is 0 Å². The van der Waals surface area contributed by atoms with Crippen LogP contribution in [0.2, 0.25) is 0 Å². The van der Waals surface area contributed by atoms with Gasteiger partial charge in [0, 0.05) is 0 Å². The first-order valence-electron chi connectivity index (χ1n) is 7.01. The van der Waals surface area contributed by atoms with Crippen LogP contribution in [-0.4, -0.2) is 18.8 Å². The lowest BCUT2D eigenvalue weighted by molar-refractivity contribution is -0.185. The molecule has 0 N–H and O–H groups in total. The Labute approximate surface area is 123 Å². The smallest absolute Gasteiger partial charge is 0.392 e. The van der Waals surface area contributed by atoms with Crippen molar-refractivity contribution in [3.63, 3.8) is 0 Å². The van der Waals surface area contributed by atoms with Crippen molar-refractivity contribution in [2.75, 3.05) is 6.61 Å². The maximum absolute atomic E-state index is 13.0. The number of halogens is 3. The third-order valence-electron chi connectivity index (χ3n) is 3.52. The molecular weight excluding hydrogens is 281 g/mol. The van der Waals surface area contributed by atoms with Crippen LogP contribution in [0.5, 0.6) is 0 Å². The maximum Gasteiger partial charge on any atom is 0.392 e. The van der Waals surface area contributed by atoms with Crippen molar-refractivity contribution in [1.29, 1.82) is 0 Å². The largest absolute Gasteiger partial charge is 0.466 e. The highest BCUT2D eigenvalue weighted by Gasteiger charge is 2.45. The molecule has 0 saturated carbocycles. The molecule has 0 aliphatic carbocycles. The summed E-state index contributed by atoms with van der Waals surface area (Å²) in [6, 6.07) is 6.68. The van der Waals surface area contributed by atoms with Gasteiger partial charge in [-0.05, 0) is 24.0 Å². The summed E-state index contributed by atoms with van der Waals surface area (Å²) in [6.45, 7) is 6.64. The molecule has 0 saturated heterocycles. The fraction of sp³-hybridized carbons (Fsp3) is 0.562. The first-order valence-corrected chi connectivity index (χ1v) is 7.01. The zero-order chi connectivity index (χ0) is 16.2. The van der Waals surface area contributed by atoms with Crippen LogP contribution in [-0.2, 0) is 9.53 Å². The molecule has 2 nitrogen and oxygen atoms in total. The number of rotatable bonds is 5. The summed E-state index contributed by atoms with van der Waals surface area (Å²) in [5.41, 5.74) is 1.35. The highest BCUT2D eigenvalue weighted by atomic mass is 19.4. The van der Waals surface area contributed by atoms with Gasteiger partial charge in [-0.1, -0.05) is 45.0 Å². The molecule has 0 fully saturated rings. The van der Waals surface area contributed by atoms with Gasteiger partial charge in [0.1, 0.15) is 0 Å². The van der Waals surface area contributed by atoms with Crippen molar-refractivity contribution < 1.29 is 22.7 Å². The van der Waals surface area contributed by atoms with Gasteiger partial charge in [-0.25, -0.2) is 0 Å². The molecule has 5 heteroatoms. The van der Waals surface area contributed by atoms with Gasteiger partial charge >= 0.3 is 12.1 Å². The van der Waals surface area contributed by atoms with E-state index in [0.29, 0.717) is 5.56 Å². The van der Waals surface area contributed by atoms with Crippen LogP contribution in [0.3, 0.4) is 0 Å². The Morgan fingerprint density at radius 2 is 1.57 bits per heavy atom. The lowest BCUT2D eigenvalue weighted by Gasteiger charge is -2.25. The molecular formula is C16H21F3O2. The topological polar surface area (TPSA) is 26.3 Å². The average molecular weight is 302 g/mol. The second-order valence-corrected chi connectivity index (χ2v) is 5.38. The van der Waals surface area contributed by atoms with Crippen molar-refractivity contribution >= 4 is 5.97 Å². The number of carbonyl (C=O) groups is 1. The monoisotopic (exact) mass is 302 g/mol. The number of carbonyl (C=O) groups excluding carboxylic acids is 1. The standard InChI is InChI=1S/C16H21F3O2/c1-5-21-15(20)14(11(4)16(17,18)19)13-8-6-12(7-9-13)10(2)3/h6-11,14H,5H2,1-4H3. The number of esters is 1. The van der Waals surface area contributed by atoms with Crippen LogP contribution >= 0.6 is 0 Å². The van der Waals surface area contributed by atoms with Gasteiger partial charge in [-0.3, -0.25) is 4.79 Å². The predicted octanol–water partition coefficient (Wildman–Crippen LogP) is 4.66. The SMILES string of the molecule is CCOC(=O)C(c1ccc(C(C)C)cc1)C(C)C(F)(F)F. The summed E-state index contributed by atoms with van der Waals surface area (Å²) < 4.78 is 43.8. The van der Waals surface area contributed by atoms with Gasteiger partial charge in [0.15, 0.2) is 0 Å². The van der Waals surface area contributed by atoms with Crippen molar-refractivity contribution in [2.24, 2.45) is 5.92 Å². The quantitative estimate of drug-likeness (QED) is 0.740. The molecule has 0 heterocycles. The van der Waals surface area contributed by atoms with Crippen LogP contribution in [0.1, 0.15) is 50.7 Å². The van der Waals surface area contributed by atoms with E-state index in [1.807, 2.05) is 13.8 Å². The Bertz CT molecular complexity index is 463. The molecule has 0 aliphatic rings. The van der Waals surface area contributed by atoms with E-state index >= 15 is 0 Å². The second kappa shape index (κ2) is 6.96. The Kier molecular flexibility index (Phi) is 5.81. The molecule has 2 atom stereocenters. The molecule has 21 heavy (non-hydrogen) atoms. The van der Waals surface area contributed by atoms with Gasteiger partial charge in [-0.2, -0.15) is 13.2 Å². The fourth-order valence-corrected chi connectivity index (χ4v) is 2.14. The minimum atomic E-state index is -4.45. The highest BCUT2D eigenvalue weighted by Crippen LogP contribution is 2.38. The average Bonchev–Trinajstić information content (AvgIpc) is 2.38. The maximum atomic E-state index is 13.0. The molecule has 1 rings (SSSR count). The Morgan fingerprint density at radius 1 is 1.10 bits per heavy atom. The van der Waals surface area contributed by atoms with Gasteiger partial charge in [-0.15, -0.1) is 0 Å². The molecule has 0 bridgehead atoms. The first-order chi connectivity index (χ1) is 9.68. The zero-order valence-corrected chi connectivity index (χ0v) is 12.7. The summed E-state index contributed by atoms with van der Waals surface area (Å²) in [5, 5.41) is 0. The molecule has 2 unspecified atom stereocenters. The summed E-state index contributed by atoms with van der Waals surface area (Å²) >= 11 is 0. The summed E-state index contributed by atoms with van der Waals surface area (Å²) in [5.74, 6) is -3.67. The number of hydrogen-bond donors (Lipinski definition) is 0. The van der Waals surface area contributed by atoms with Gasteiger partial charge in [0.25, 0.3) is 0 Å². The van der Waals surface area contributed by atoms with Crippen LogP contribution in [0.25, 0.3) is 0 Å². The third-order valence-corrected chi connectivity index (χ3v) is 3.52. The van der Waals surface area contributed by atoms with E-state index in [0.717, 1.165) is 12.5 Å². The zero-order valence-electron chi connectivity index (χ0n) is 12.7. The molecule has 0 aromatic heterocycles. The Morgan fingerprint density at radius 3 is 1.95 bits per heavy atom. The van der Waals surface area contributed by atoms with Crippen molar-refractivity contribution in [3.05, 3.63) is 35.4 Å². The van der Waals surface area contributed by atoms with Crippen LogP contribution < -0.4 is 0 Å². The molecule has 1 aromatic rings. The number of benzene rings is 1. The highest BCUT2D eigenvalue weighted by molar-refractivity contribution is 5.78. The predicted molar refractivity (Wildman–Crippen MR) is 75.1 cm³/mol. The lowest BCUT2D eigenvalue weighted by atomic mass is 9.85. The van der Waals surface area contributed by atoms with Crippen LogP contribution in [0, 0.1) is 5.92 Å². The molecule has 0 aliphatic heterocycles. The minimum Gasteiger partial charge on any atom is -0.466 e. The molecule has 0 radical (unpaired) electrons. The lowest BCUT2D eigenvalue weighted by Crippen LogP contribution is -2.32. The van der Waals surface area contributed by atoms with E-state index in [9.17, 15) is 18.0 Å². The van der Waals surface area contributed by atoms with Crippen molar-refractivity contribution in [2.45, 2.75) is 45.7 Å². The second-order valence-electron chi connectivity index (χ2n) is 5.38. The number of hydrogen-bond acceptors (Lipinski definition) is 2. The summed E-state index contributed by atoms with van der Waals surface area (Å²) in [4.78, 5) is 11.9. The van der Waals surface area contributed by atoms with E-state index in [1.165, 1.54) is 0 Å². The van der Waals surface area contributed by atoms with E-state index in [1.54, 1.807) is 31.2 Å². The van der Waals surface area contributed by atoms with E-state index < -0.39 is 24.0 Å². The molecule has 1 aromatic carbocycles. The third kappa shape index (κ3) is 4.48. The van der Waals surface area contributed by atoms with Crippen LogP contribution in [0.15, 0.2) is 24.3 Å². The summed E-state index contributed by atoms with van der Waals surface area (Å²) in [7, 11) is 0. The van der Waals surface area contributed by atoms with E-state index in [2.05, 4.69) is 0 Å². The molecule has 118 valence electrons. The molecule has 0 spiro atoms.